The SMILES string of the molecule is CC(=O)O[C@@H]1C[C@H]2[C@@H]3CC[C@H]([C@@H](C)CCCC(C)C)[C@@]3(C)CC[C@@H]2[C@@]2(C)CCC(=O)C=C12. The average Bonchev–Trinajstić information content (AvgIpc) is 3.06. The summed E-state index contributed by atoms with van der Waals surface area (Å²) in [6.45, 7) is 13.7. The van der Waals surface area contributed by atoms with Crippen LogP contribution in [-0.2, 0) is 14.3 Å². The van der Waals surface area contributed by atoms with Crippen LogP contribution in [0.2, 0.25) is 0 Å². The number of carbonyl (C=O) groups is 2. The summed E-state index contributed by atoms with van der Waals surface area (Å²) in [4.78, 5) is 24.3. The average molecular weight is 443 g/mol. The first kappa shape index (κ1) is 24.0. The van der Waals surface area contributed by atoms with Crippen molar-refractivity contribution in [2.24, 2.45) is 46.3 Å². The third kappa shape index (κ3) is 4.11. The summed E-state index contributed by atoms with van der Waals surface area (Å²) in [6.07, 6.45) is 13.5. The van der Waals surface area contributed by atoms with Gasteiger partial charge in [0.05, 0.1) is 0 Å². The zero-order valence-electron chi connectivity index (χ0n) is 21.4. The topological polar surface area (TPSA) is 43.4 Å². The molecule has 0 saturated heterocycles. The highest BCUT2D eigenvalue weighted by molar-refractivity contribution is 5.92. The van der Waals surface area contributed by atoms with Gasteiger partial charge in [0.1, 0.15) is 6.10 Å². The molecule has 0 bridgehead atoms. The lowest BCUT2D eigenvalue weighted by Crippen LogP contribution is -2.54. The van der Waals surface area contributed by atoms with Gasteiger partial charge < -0.3 is 4.74 Å². The number of hydrogen-bond acceptors (Lipinski definition) is 3. The normalized spacial score (nSPS) is 42.0. The molecule has 0 aromatic rings. The van der Waals surface area contributed by atoms with Gasteiger partial charge >= 0.3 is 5.97 Å². The Balaban J connectivity index is 1.58. The van der Waals surface area contributed by atoms with Crippen molar-refractivity contribution in [1.82, 2.24) is 0 Å². The third-order valence-electron chi connectivity index (χ3n) is 10.5. The Hall–Kier alpha value is -1.12. The van der Waals surface area contributed by atoms with E-state index in [1.807, 2.05) is 6.08 Å². The molecule has 0 aliphatic heterocycles. The van der Waals surface area contributed by atoms with Crippen LogP contribution in [0.4, 0.5) is 0 Å². The molecule has 3 fully saturated rings. The Morgan fingerprint density at radius 3 is 2.53 bits per heavy atom. The lowest BCUT2D eigenvalue weighted by molar-refractivity contribution is -0.153. The summed E-state index contributed by atoms with van der Waals surface area (Å²) in [5, 5.41) is 0. The van der Waals surface area contributed by atoms with Crippen LogP contribution in [0.3, 0.4) is 0 Å². The van der Waals surface area contributed by atoms with Crippen molar-refractivity contribution in [3.63, 3.8) is 0 Å². The van der Waals surface area contributed by atoms with Gasteiger partial charge in [-0.3, -0.25) is 9.59 Å². The quantitative estimate of drug-likeness (QED) is 0.411. The summed E-state index contributed by atoms with van der Waals surface area (Å²) in [5.41, 5.74) is 1.56. The van der Waals surface area contributed by atoms with E-state index < -0.39 is 0 Å². The molecule has 0 unspecified atom stereocenters. The van der Waals surface area contributed by atoms with Gasteiger partial charge in [-0.25, -0.2) is 0 Å². The van der Waals surface area contributed by atoms with Crippen LogP contribution in [0.15, 0.2) is 11.6 Å². The molecular weight excluding hydrogens is 396 g/mol. The summed E-state index contributed by atoms with van der Waals surface area (Å²) in [7, 11) is 0. The number of rotatable bonds is 6. The maximum absolute atomic E-state index is 12.3. The van der Waals surface area contributed by atoms with E-state index in [1.165, 1.54) is 51.9 Å². The Kier molecular flexibility index (Phi) is 6.69. The molecule has 3 nitrogen and oxygen atoms in total. The van der Waals surface area contributed by atoms with E-state index in [-0.39, 0.29) is 23.3 Å². The molecule has 32 heavy (non-hydrogen) atoms. The number of ether oxygens (including phenoxy) is 1. The van der Waals surface area contributed by atoms with Gasteiger partial charge in [-0.1, -0.05) is 53.9 Å². The molecular formula is C29H46O3. The van der Waals surface area contributed by atoms with E-state index in [9.17, 15) is 9.59 Å². The predicted octanol–water partition coefficient (Wildman–Crippen LogP) is 7.14. The van der Waals surface area contributed by atoms with E-state index >= 15 is 0 Å². The standard InChI is InChI=1S/C29H46O3/c1-18(2)8-7-9-19(3)23-10-11-24-22-17-27(32-20(4)30)26-16-21(31)12-14-29(26,6)25(22)13-15-28(23,24)5/h16,18-19,22-25,27H,7-15,17H2,1-6H3/t19-,22-,23+,24-,25-,27+,28+,29+/m0/s1. The van der Waals surface area contributed by atoms with Gasteiger partial charge in [0.2, 0.25) is 0 Å². The molecule has 0 amide bonds. The molecule has 0 N–H and O–H groups in total. The van der Waals surface area contributed by atoms with Gasteiger partial charge in [-0.2, -0.15) is 0 Å². The van der Waals surface area contributed by atoms with Crippen LogP contribution < -0.4 is 0 Å². The second-order valence-electron chi connectivity index (χ2n) is 12.7. The van der Waals surface area contributed by atoms with Gasteiger partial charge in [0.25, 0.3) is 0 Å². The lowest BCUT2D eigenvalue weighted by Gasteiger charge is -2.59. The maximum atomic E-state index is 12.3. The minimum atomic E-state index is -0.212. The molecule has 0 heterocycles. The Bertz CT molecular complexity index is 766. The molecule has 4 rings (SSSR count). The van der Waals surface area contributed by atoms with Gasteiger partial charge in [-0.05, 0) is 96.5 Å². The first-order valence-electron chi connectivity index (χ1n) is 13.5. The second kappa shape index (κ2) is 8.91. The van der Waals surface area contributed by atoms with Crippen LogP contribution in [0.1, 0.15) is 106 Å². The molecule has 4 aliphatic carbocycles. The smallest absolute Gasteiger partial charge is 0.303 e. The van der Waals surface area contributed by atoms with Gasteiger partial charge in [0.15, 0.2) is 5.78 Å². The van der Waals surface area contributed by atoms with Crippen molar-refractivity contribution in [3.05, 3.63) is 11.6 Å². The van der Waals surface area contributed by atoms with Crippen LogP contribution >= 0.6 is 0 Å². The molecule has 4 aliphatic rings. The molecule has 0 aromatic heterocycles. The monoisotopic (exact) mass is 442 g/mol. The number of ketones is 1. The Morgan fingerprint density at radius 2 is 1.84 bits per heavy atom. The molecule has 3 heteroatoms. The highest BCUT2D eigenvalue weighted by atomic mass is 16.5. The largest absolute Gasteiger partial charge is 0.458 e. The van der Waals surface area contributed by atoms with Crippen LogP contribution in [-0.4, -0.2) is 17.9 Å². The van der Waals surface area contributed by atoms with Crippen molar-refractivity contribution in [3.8, 4) is 0 Å². The van der Waals surface area contributed by atoms with Gasteiger partial charge in [-0.15, -0.1) is 0 Å². The Morgan fingerprint density at radius 1 is 1.09 bits per heavy atom. The molecule has 3 saturated carbocycles. The summed E-state index contributed by atoms with van der Waals surface area (Å²) < 4.78 is 5.89. The number of carbonyl (C=O) groups excluding carboxylic acids is 2. The fourth-order valence-corrected chi connectivity index (χ4v) is 8.92. The third-order valence-corrected chi connectivity index (χ3v) is 10.5. The van der Waals surface area contributed by atoms with Crippen molar-refractivity contribution in [2.45, 2.75) is 112 Å². The predicted molar refractivity (Wildman–Crippen MR) is 129 cm³/mol. The first-order valence-corrected chi connectivity index (χ1v) is 13.5. The van der Waals surface area contributed by atoms with Crippen molar-refractivity contribution >= 4 is 11.8 Å². The molecule has 180 valence electrons. The van der Waals surface area contributed by atoms with Gasteiger partial charge in [0, 0.05) is 13.3 Å². The minimum absolute atomic E-state index is 0.0131. The second-order valence-corrected chi connectivity index (χ2v) is 12.7. The highest BCUT2D eigenvalue weighted by Crippen LogP contribution is 2.68. The van der Waals surface area contributed by atoms with E-state index in [2.05, 4.69) is 34.6 Å². The lowest BCUT2D eigenvalue weighted by atomic mass is 9.46. The van der Waals surface area contributed by atoms with Crippen molar-refractivity contribution < 1.29 is 14.3 Å². The van der Waals surface area contributed by atoms with Crippen LogP contribution in [0.5, 0.6) is 0 Å². The zero-order chi connectivity index (χ0) is 23.3. The van der Waals surface area contributed by atoms with Crippen molar-refractivity contribution in [2.75, 3.05) is 0 Å². The number of esters is 1. The summed E-state index contributed by atoms with van der Waals surface area (Å²) in [5.74, 6) is 4.39. The van der Waals surface area contributed by atoms with Crippen LogP contribution in [0, 0.1) is 46.3 Å². The fraction of sp³-hybridized carbons (Fsp3) is 0.862. The number of hydrogen-bond donors (Lipinski definition) is 0. The molecule has 8 atom stereocenters. The van der Waals surface area contributed by atoms with E-state index in [0.717, 1.165) is 42.1 Å². The summed E-state index contributed by atoms with van der Waals surface area (Å²) >= 11 is 0. The van der Waals surface area contributed by atoms with Crippen molar-refractivity contribution in [1.29, 1.82) is 0 Å². The minimum Gasteiger partial charge on any atom is -0.458 e. The maximum Gasteiger partial charge on any atom is 0.303 e. The number of fused-ring (bicyclic) bond motifs is 5. The molecule has 0 aromatic carbocycles. The van der Waals surface area contributed by atoms with E-state index in [0.29, 0.717) is 23.7 Å². The summed E-state index contributed by atoms with van der Waals surface area (Å²) in [6, 6.07) is 0. The first-order chi connectivity index (χ1) is 15.1. The highest BCUT2D eigenvalue weighted by Gasteiger charge is 2.61. The van der Waals surface area contributed by atoms with E-state index in [4.69, 9.17) is 4.74 Å². The molecule has 0 spiro atoms. The Labute approximate surface area is 196 Å². The van der Waals surface area contributed by atoms with E-state index in [1.54, 1.807) is 0 Å². The fourth-order valence-electron chi connectivity index (χ4n) is 8.92. The molecule has 0 radical (unpaired) electrons. The van der Waals surface area contributed by atoms with Crippen LogP contribution in [0.25, 0.3) is 0 Å². The zero-order valence-corrected chi connectivity index (χ0v) is 21.4.